The van der Waals surface area contributed by atoms with Crippen LogP contribution in [0.3, 0.4) is 0 Å². The molecule has 0 bridgehead atoms. The maximum Gasteiger partial charge on any atom is 0.274 e. The second kappa shape index (κ2) is 10.7. The molecule has 0 spiro atoms. The van der Waals surface area contributed by atoms with Gasteiger partial charge in [0.1, 0.15) is 17.6 Å². The van der Waals surface area contributed by atoms with Crippen LogP contribution in [0.1, 0.15) is 35.7 Å². The van der Waals surface area contributed by atoms with Gasteiger partial charge < -0.3 is 20.3 Å². The van der Waals surface area contributed by atoms with E-state index in [-0.39, 0.29) is 33.9 Å². The number of carbonyl (C=O) groups excluding carboxylic acids is 3. The van der Waals surface area contributed by atoms with Gasteiger partial charge in [0, 0.05) is 12.5 Å². The molecule has 1 aromatic carbocycles. The van der Waals surface area contributed by atoms with Crippen molar-refractivity contribution >= 4 is 39.4 Å². The van der Waals surface area contributed by atoms with E-state index in [1.165, 1.54) is 18.2 Å². The Balaban J connectivity index is 2.28. The minimum absolute atomic E-state index is 0.0248. The Morgan fingerprint density at radius 1 is 1.19 bits per heavy atom. The minimum atomic E-state index is -1.00. The fraction of sp³-hybridized carbons (Fsp3) is 0.429. The number of hydrogen-bond donors (Lipinski definition) is 4. The standard InChI is InChI=1S/C21H28ClN3O5S/c1-11(2)18(21(29)31(4)5)24-19(27)15(10-13-6-7-17(26)14(22)9-13)23-20(28)16-8-12(3)30-25-16/h6-9,11,15,18,26,31H,10H2,1-5H3,(H,23,28)(H,24,27)/t15?,18-/m0/s1. The van der Waals surface area contributed by atoms with Gasteiger partial charge >= 0.3 is 0 Å². The van der Waals surface area contributed by atoms with Gasteiger partial charge in [0.25, 0.3) is 5.91 Å². The third-order valence-corrected chi connectivity index (χ3v) is 6.07. The van der Waals surface area contributed by atoms with Crippen molar-refractivity contribution in [2.45, 2.75) is 39.3 Å². The Morgan fingerprint density at radius 2 is 1.87 bits per heavy atom. The molecule has 31 heavy (non-hydrogen) atoms. The maximum atomic E-state index is 13.1. The molecule has 8 nitrogen and oxygen atoms in total. The van der Waals surface area contributed by atoms with E-state index in [1.807, 2.05) is 26.4 Å². The number of phenolic OH excluding ortho intramolecular Hbond substituents is 1. The molecule has 1 unspecified atom stereocenters. The number of halogens is 1. The first-order valence-corrected chi connectivity index (χ1v) is 12.3. The van der Waals surface area contributed by atoms with E-state index in [2.05, 4.69) is 15.8 Å². The van der Waals surface area contributed by atoms with Crippen molar-refractivity contribution in [3.63, 3.8) is 0 Å². The van der Waals surface area contributed by atoms with Gasteiger partial charge in [-0.1, -0.05) is 36.7 Å². The van der Waals surface area contributed by atoms with Crippen LogP contribution in [0, 0.1) is 12.8 Å². The lowest BCUT2D eigenvalue weighted by Crippen LogP contribution is -2.53. The predicted molar refractivity (Wildman–Crippen MR) is 122 cm³/mol. The van der Waals surface area contributed by atoms with Crippen molar-refractivity contribution in [3.8, 4) is 5.75 Å². The Bertz CT molecular complexity index is 960. The molecule has 0 fully saturated rings. The van der Waals surface area contributed by atoms with Crippen molar-refractivity contribution < 1.29 is 24.0 Å². The fourth-order valence-electron chi connectivity index (χ4n) is 2.87. The Kier molecular flexibility index (Phi) is 8.52. The second-order valence-electron chi connectivity index (χ2n) is 7.80. The lowest BCUT2D eigenvalue weighted by Gasteiger charge is -2.27. The van der Waals surface area contributed by atoms with E-state index in [9.17, 15) is 19.5 Å². The van der Waals surface area contributed by atoms with Crippen LogP contribution >= 0.6 is 22.5 Å². The van der Waals surface area contributed by atoms with Crippen molar-refractivity contribution in [3.05, 3.63) is 46.3 Å². The Labute approximate surface area is 189 Å². The second-order valence-corrected chi connectivity index (χ2v) is 10.4. The number of aryl methyl sites for hydroxylation is 1. The normalized spacial score (nSPS) is 13.5. The number of rotatable bonds is 8. The molecule has 0 aliphatic heterocycles. The van der Waals surface area contributed by atoms with Gasteiger partial charge in [0.2, 0.25) is 5.91 Å². The molecule has 1 heterocycles. The van der Waals surface area contributed by atoms with Crippen LogP contribution in [-0.4, -0.2) is 51.8 Å². The summed E-state index contributed by atoms with van der Waals surface area (Å²) in [4.78, 5) is 38.3. The van der Waals surface area contributed by atoms with Crippen LogP contribution in [0.15, 0.2) is 28.8 Å². The van der Waals surface area contributed by atoms with Crippen LogP contribution < -0.4 is 10.6 Å². The summed E-state index contributed by atoms with van der Waals surface area (Å²) >= 11 is 5.98. The van der Waals surface area contributed by atoms with Crippen molar-refractivity contribution in [2.75, 3.05) is 12.5 Å². The zero-order chi connectivity index (χ0) is 23.3. The molecule has 2 aromatic rings. The van der Waals surface area contributed by atoms with E-state index in [1.54, 1.807) is 13.0 Å². The van der Waals surface area contributed by atoms with Gasteiger partial charge in [-0.2, -0.15) is 10.9 Å². The lowest BCUT2D eigenvalue weighted by molar-refractivity contribution is -0.126. The third kappa shape index (κ3) is 6.73. The molecule has 2 rings (SSSR count). The number of thiol groups is 1. The Morgan fingerprint density at radius 3 is 2.39 bits per heavy atom. The van der Waals surface area contributed by atoms with E-state index in [0.29, 0.717) is 11.3 Å². The molecule has 2 amide bonds. The average molecular weight is 470 g/mol. The Hall–Kier alpha value is -2.52. The molecule has 0 aliphatic rings. The molecule has 10 heteroatoms. The summed E-state index contributed by atoms with van der Waals surface area (Å²) in [6.45, 7) is 5.36. The number of aromatic nitrogens is 1. The summed E-state index contributed by atoms with van der Waals surface area (Å²) in [6.07, 6.45) is 3.77. The first kappa shape index (κ1) is 24.7. The quantitative estimate of drug-likeness (QED) is 0.441. The number of nitrogens with zero attached hydrogens (tertiary/aromatic N) is 1. The molecule has 0 saturated heterocycles. The summed E-state index contributed by atoms with van der Waals surface area (Å²) in [5.41, 5.74) is 0.668. The number of phenols is 1. The van der Waals surface area contributed by atoms with Gasteiger partial charge in [-0.25, -0.2) is 0 Å². The van der Waals surface area contributed by atoms with E-state index in [4.69, 9.17) is 16.1 Å². The summed E-state index contributed by atoms with van der Waals surface area (Å²) in [5.74, 6) is -0.817. The highest BCUT2D eigenvalue weighted by atomic mass is 35.5. The van der Waals surface area contributed by atoms with Crippen molar-refractivity contribution in [2.24, 2.45) is 5.92 Å². The number of benzene rings is 1. The van der Waals surface area contributed by atoms with Crippen LogP contribution in [-0.2, 0) is 16.0 Å². The fourth-order valence-corrected chi connectivity index (χ4v) is 4.00. The van der Waals surface area contributed by atoms with Crippen LogP contribution in [0.4, 0.5) is 0 Å². The number of carbonyl (C=O) groups is 3. The van der Waals surface area contributed by atoms with E-state index in [0.717, 1.165) is 0 Å². The molecule has 170 valence electrons. The van der Waals surface area contributed by atoms with Crippen LogP contribution in [0.25, 0.3) is 0 Å². The van der Waals surface area contributed by atoms with Crippen LogP contribution in [0.5, 0.6) is 5.75 Å². The topological polar surface area (TPSA) is 122 Å². The first-order chi connectivity index (χ1) is 14.5. The molecule has 3 N–H and O–H groups in total. The van der Waals surface area contributed by atoms with Gasteiger partial charge in [0.15, 0.2) is 10.8 Å². The van der Waals surface area contributed by atoms with E-state index < -0.39 is 34.8 Å². The third-order valence-electron chi connectivity index (χ3n) is 4.61. The molecule has 0 saturated carbocycles. The zero-order valence-corrected chi connectivity index (χ0v) is 19.8. The van der Waals surface area contributed by atoms with Crippen molar-refractivity contribution in [1.82, 2.24) is 15.8 Å². The highest BCUT2D eigenvalue weighted by Crippen LogP contribution is 2.25. The SMILES string of the molecule is Cc1cc(C(=O)NC(Cc2ccc(O)c(Cl)c2)C(=O)N[C@H](C(=O)[SH](C)C)C(C)C)no1. The number of nitrogens with one attached hydrogen (secondary N) is 2. The predicted octanol–water partition coefficient (Wildman–Crippen LogP) is 2.61. The summed E-state index contributed by atoms with van der Waals surface area (Å²) in [6, 6.07) is 4.34. The highest BCUT2D eigenvalue weighted by molar-refractivity contribution is 8.28. The minimum Gasteiger partial charge on any atom is -0.506 e. The monoisotopic (exact) mass is 469 g/mol. The smallest absolute Gasteiger partial charge is 0.274 e. The first-order valence-electron chi connectivity index (χ1n) is 9.72. The summed E-state index contributed by atoms with van der Waals surface area (Å²) in [5, 5.41) is 18.9. The number of aromatic hydroxyl groups is 1. The molecule has 1 aromatic heterocycles. The molecule has 2 atom stereocenters. The summed E-state index contributed by atoms with van der Waals surface area (Å²) < 4.78 is 4.93. The molecule has 0 radical (unpaired) electrons. The van der Waals surface area contributed by atoms with Crippen molar-refractivity contribution in [1.29, 1.82) is 0 Å². The number of amides is 2. The maximum absolute atomic E-state index is 13.1. The largest absolute Gasteiger partial charge is 0.506 e. The average Bonchev–Trinajstić information content (AvgIpc) is 3.13. The molecule has 0 aliphatic carbocycles. The molecular formula is C21H28ClN3O5S. The lowest BCUT2D eigenvalue weighted by atomic mass is 10.0. The van der Waals surface area contributed by atoms with Gasteiger partial charge in [-0.15, -0.1) is 0 Å². The van der Waals surface area contributed by atoms with Crippen LogP contribution in [0.2, 0.25) is 5.02 Å². The van der Waals surface area contributed by atoms with Gasteiger partial charge in [0.05, 0.1) is 11.1 Å². The summed E-state index contributed by atoms with van der Waals surface area (Å²) in [7, 11) is -0.898. The van der Waals surface area contributed by atoms with E-state index >= 15 is 0 Å². The number of hydrogen-bond acceptors (Lipinski definition) is 6. The highest BCUT2D eigenvalue weighted by Gasteiger charge is 2.30. The van der Waals surface area contributed by atoms with Gasteiger partial charge in [-0.3, -0.25) is 14.4 Å². The van der Waals surface area contributed by atoms with Gasteiger partial charge in [-0.05, 0) is 43.0 Å². The molecular weight excluding hydrogens is 442 g/mol. The zero-order valence-electron chi connectivity index (χ0n) is 18.1.